The van der Waals surface area contributed by atoms with Crippen LogP contribution in [0.15, 0.2) is 18.3 Å². The molecule has 0 saturated carbocycles. The molecule has 0 atom stereocenters. The molecular weight excluding hydrogens is 302 g/mol. The van der Waals surface area contributed by atoms with E-state index in [9.17, 15) is 9.90 Å². The minimum Gasteiger partial charge on any atom is -0.508 e. The third-order valence-corrected chi connectivity index (χ3v) is 4.18. The van der Waals surface area contributed by atoms with Crippen LogP contribution in [-0.2, 0) is 0 Å². The number of hydrogen-bond acceptors (Lipinski definition) is 6. The van der Waals surface area contributed by atoms with Crippen molar-refractivity contribution < 1.29 is 15.0 Å². The van der Waals surface area contributed by atoms with E-state index in [1.165, 1.54) is 17.5 Å². The molecule has 4 N–H and O–H groups in total. The summed E-state index contributed by atoms with van der Waals surface area (Å²) in [5.74, 6) is -0.110. The van der Waals surface area contributed by atoms with Gasteiger partial charge in [-0.25, -0.2) is 4.98 Å². The Morgan fingerprint density at radius 3 is 2.86 bits per heavy atom. The zero-order valence-electron chi connectivity index (χ0n) is 12.5. The molecule has 2 rings (SSSR count). The van der Waals surface area contributed by atoms with Crippen molar-refractivity contribution in [3.63, 3.8) is 0 Å². The number of amides is 1. The summed E-state index contributed by atoms with van der Waals surface area (Å²) in [6, 6.07) is 3.36. The zero-order chi connectivity index (χ0) is 16.1. The molecule has 22 heavy (non-hydrogen) atoms. The third kappa shape index (κ3) is 3.75. The molecule has 0 unspecified atom stereocenters. The molecule has 0 bridgehead atoms. The second-order valence-electron chi connectivity index (χ2n) is 4.89. The van der Waals surface area contributed by atoms with Gasteiger partial charge >= 0.3 is 0 Å². The van der Waals surface area contributed by atoms with Crippen molar-refractivity contribution in [2.45, 2.75) is 20.3 Å². The normalized spacial score (nSPS) is 10.5. The van der Waals surface area contributed by atoms with Gasteiger partial charge in [0.25, 0.3) is 5.91 Å². The summed E-state index contributed by atoms with van der Waals surface area (Å²) in [5, 5.41) is 25.0. The number of thiazole rings is 1. The zero-order valence-corrected chi connectivity index (χ0v) is 13.3. The van der Waals surface area contributed by atoms with Gasteiger partial charge in [0.15, 0.2) is 5.13 Å². The summed E-state index contributed by atoms with van der Waals surface area (Å²) < 4.78 is 0. The van der Waals surface area contributed by atoms with Gasteiger partial charge in [-0.05, 0) is 31.9 Å². The molecule has 1 aromatic heterocycles. The molecule has 0 radical (unpaired) electrons. The SMILES string of the molecule is Cc1ccc(O)c(C)c1NC(=O)c1cnc(NCCCO)s1. The second kappa shape index (κ2) is 7.24. The molecule has 1 amide bonds. The molecule has 0 fully saturated rings. The van der Waals surface area contributed by atoms with Crippen molar-refractivity contribution in [3.8, 4) is 5.75 Å². The minimum atomic E-state index is -0.260. The molecule has 1 heterocycles. The highest BCUT2D eigenvalue weighted by Gasteiger charge is 2.14. The number of anilines is 2. The Kier molecular flexibility index (Phi) is 5.35. The van der Waals surface area contributed by atoms with Gasteiger partial charge in [0.1, 0.15) is 10.6 Å². The van der Waals surface area contributed by atoms with E-state index in [1.54, 1.807) is 19.1 Å². The molecule has 0 aliphatic rings. The van der Waals surface area contributed by atoms with E-state index in [0.717, 1.165) is 5.56 Å². The largest absolute Gasteiger partial charge is 0.508 e. The van der Waals surface area contributed by atoms with E-state index >= 15 is 0 Å². The van der Waals surface area contributed by atoms with Gasteiger partial charge in [0, 0.05) is 18.7 Å². The van der Waals surface area contributed by atoms with E-state index < -0.39 is 0 Å². The summed E-state index contributed by atoms with van der Waals surface area (Å²) in [6.07, 6.45) is 2.14. The highest BCUT2D eigenvalue weighted by molar-refractivity contribution is 7.17. The predicted octanol–water partition coefficient (Wildman–Crippen LogP) is 2.51. The Hall–Kier alpha value is -2.12. The van der Waals surface area contributed by atoms with E-state index in [-0.39, 0.29) is 18.3 Å². The maximum absolute atomic E-state index is 12.3. The quantitative estimate of drug-likeness (QED) is 0.613. The number of aliphatic hydroxyl groups is 1. The number of nitrogens with zero attached hydrogens (tertiary/aromatic N) is 1. The van der Waals surface area contributed by atoms with Crippen molar-refractivity contribution in [2.24, 2.45) is 0 Å². The lowest BCUT2D eigenvalue weighted by molar-refractivity contribution is 0.103. The molecular formula is C15H19N3O3S. The minimum absolute atomic E-state index is 0.113. The number of rotatable bonds is 6. The van der Waals surface area contributed by atoms with Crippen LogP contribution in [0.1, 0.15) is 27.2 Å². The van der Waals surface area contributed by atoms with Crippen LogP contribution in [0.2, 0.25) is 0 Å². The van der Waals surface area contributed by atoms with Crippen molar-refractivity contribution >= 4 is 28.1 Å². The van der Waals surface area contributed by atoms with Crippen LogP contribution < -0.4 is 10.6 Å². The van der Waals surface area contributed by atoms with Crippen LogP contribution in [0.4, 0.5) is 10.8 Å². The number of benzene rings is 1. The number of aryl methyl sites for hydroxylation is 1. The summed E-state index contributed by atoms with van der Waals surface area (Å²) >= 11 is 1.25. The first kappa shape index (κ1) is 16.3. The van der Waals surface area contributed by atoms with Crippen molar-refractivity contribution in [2.75, 3.05) is 23.8 Å². The van der Waals surface area contributed by atoms with Crippen molar-refractivity contribution in [3.05, 3.63) is 34.3 Å². The van der Waals surface area contributed by atoms with Crippen molar-refractivity contribution in [1.82, 2.24) is 4.98 Å². The van der Waals surface area contributed by atoms with Crippen LogP contribution in [0.3, 0.4) is 0 Å². The lowest BCUT2D eigenvalue weighted by Crippen LogP contribution is -2.12. The summed E-state index contributed by atoms with van der Waals surface area (Å²) in [7, 11) is 0. The Labute approximate surface area is 132 Å². The number of nitrogens with one attached hydrogen (secondary N) is 2. The Morgan fingerprint density at radius 1 is 1.36 bits per heavy atom. The first-order valence-corrected chi connectivity index (χ1v) is 7.75. The molecule has 6 nitrogen and oxygen atoms in total. The maximum atomic E-state index is 12.3. The number of carbonyl (C=O) groups excluding carboxylic acids is 1. The van der Waals surface area contributed by atoms with E-state index in [2.05, 4.69) is 15.6 Å². The van der Waals surface area contributed by atoms with Gasteiger partial charge in [0.05, 0.1) is 11.9 Å². The van der Waals surface area contributed by atoms with Crippen LogP contribution in [0.25, 0.3) is 0 Å². The Balaban J connectivity index is 2.08. The van der Waals surface area contributed by atoms with Crippen LogP contribution in [-0.4, -0.2) is 34.3 Å². The van der Waals surface area contributed by atoms with Crippen molar-refractivity contribution in [1.29, 1.82) is 0 Å². The summed E-state index contributed by atoms with van der Waals surface area (Å²) in [6.45, 7) is 4.35. The molecule has 0 spiro atoms. The highest BCUT2D eigenvalue weighted by atomic mass is 32.1. The topological polar surface area (TPSA) is 94.5 Å². The Bertz CT molecular complexity index is 670. The first-order chi connectivity index (χ1) is 10.5. The van der Waals surface area contributed by atoms with Crippen LogP contribution in [0.5, 0.6) is 5.75 Å². The average Bonchev–Trinajstić information content (AvgIpc) is 2.97. The maximum Gasteiger partial charge on any atom is 0.267 e. The summed E-state index contributed by atoms with van der Waals surface area (Å²) in [4.78, 5) is 16.9. The average molecular weight is 321 g/mol. The monoisotopic (exact) mass is 321 g/mol. The lowest BCUT2D eigenvalue weighted by atomic mass is 10.1. The molecule has 0 aliphatic carbocycles. The van der Waals surface area contributed by atoms with Gasteiger partial charge in [-0.2, -0.15) is 0 Å². The number of phenolic OH excluding ortho intramolecular Hbond substituents is 1. The number of hydrogen-bond donors (Lipinski definition) is 4. The third-order valence-electron chi connectivity index (χ3n) is 3.22. The van der Waals surface area contributed by atoms with Crippen LogP contribution in [0, 0.1) is 13.8 Å². The fourth-order valence-electron chi connectivity index (χ4n) is 1.94. The number of aromatic nitrogens is 1. The second-order valence-corrected chi connectivity index (χ2v) is 5.92. The van der Waals surface area contributed by atoms with Gasteiger partial charge < -0.3 is 20.8 Å². The first-order valence-electron chi connectivity index (χ1n) is 6.94. The molecule has 118 valence electrons. The number of aromatic hydroxyl groups is 1. The van der Waals surface area contributed by atoms with E-state index in [4.69, 9.17) is 5.11 Å². The van der Waals surface area contributed by atoms with Gasteiger partial charge in [-0.1, -0.05) is 17.4 Å². The lowest BCUT2D eigenvalue weighted by Gasteiger charge is -2.11. The fraction of sp³-hybridized carbons (Fsp3) is 0.333. The van der Waals surface area contributed by atoms with Gasteiger partial charge in [-0.3, -0.25) is 4.79 Å². The standard InChI is InChI=1S/C15H19N3O3S/c1-9-4-5-11(20)10(2)13(9)18-14(21)12-8-17-15(22-12)16-6-3-7-19/h4-5,8,19-20H,3,6-7H2,1-2H3,(H,16,17)(H,18,21). The molecule has 0 aliphatic heterocycles. The van der Waals surface area contributed by atoms with Gasteiger partial charge in [-0.15, -0.1) is 0 Å². The number of carbonyl (C=O) groups is 1. The fourth-order valence-corrected chi connectivity index (χ4v) is 2.68. The van der Waals surface area contributed by atoms with E-state index in [1.807, 2.05) is 6.92 Å². The highest BCUT2D eigenvalue weighted by Crippen LogP contribution is 2.29. The molecule has 7 heteroatoms. The number of aliphatic hydroxyl groups excluding tert-OH is 1. The molecule has 0 saturated heterocycles. The smallest absolute Gasteiger partial charge is 0.267 e. The predicted molar refractivity (Wildman–Crippen MR) is 87.8 cm³/mol. The van der Waals surface area contributed by atoms with Crippen LogP contribution >= 0.6 is 11.3 Å². The summed E-state index contributed by atoms with van der Waals surface area (Å²) in [5.41, 5.74) is 2.14. The Morgan fingerprint density at radius 2 is 2.14 bits per heavy atom. The number of phenols is 1. The van der Waals surface area contributed by atoms with E-state index in [0.29, 0.717) is 34.2 Å². The molecule has 1 aromatic carbocycles. The molecule has 2 aromatic rings. The van der Waals surface area contributed by atoms with Gasteiger partial charge in [0.2, 0.25) is 0 Å².